The third-order valence-corrected chi connectivity index (χ3v) is 2.52. The zero-order valence-corrected chi connectivity index (χ0v) is 10.0. The summed E-state index contributed by atoms with van der Waals surface area (Å²) in [5.74, 6) is 0.384. The second kappa shape index (κ2) is 5.40. The number of hydrogen-bond donors (Lipinski definition) is 1. The Labute approximate surface area is 108 Å². The van der Waals surface area contributed by atoms with Gasteiger partial charge in [0.05, 0.1) is 11.0 Å². The molecule has 1 aromatic heterocycles. The molecule has 0 bridgehead atoms. The molecule has 0 radical (unpaired) electrons. The first-order valence-electron chi connectivity index (χ1n) is 5.57. The summed E-state index contributed by atoms with van der Waals surface area (Å²) >= 11 is 0. The maximum Gasteiger partial charge on any atom is 0.280 e. The zero-order valence-electron chi connectivity index (χ0n) is 10.0. The Balaban J connectivity index is 2.38. The molecule has 2 aromatic rings. The lowest BCUT2D eigenvalue weighted by Crippen LogP contribution is -2.09. The largest absolute Gasteiger partial charge is 0.337 e. The average molecular weight is 260 g/mol. The second-order valence-corrected chi connectivity index (χ2v) is 3.86. The Morgan fingerprint density at radius 2 is 2.26 bits per heavy atom. The molecule has 2 N–H and O–H groups in total. The molecule has 0 saturated heterocycles. The highest BCUT2D eigenvalue weighted by atomic mass is 16.6. The summed E-state index contributed by atoms with van der Waals surface area (Å²) in [6.45, 7) is 3.57. The Morgan fingerprint density at radius 1 is 1.53 bits per heavy atom. The van der Waals surface area contributed by atoms with Gasteiger partial charge in [0.1, 0.15) is 5.56 Å². The van der Waals surface area contributed by atoms with Crippen molar-refractivity contribution in [3.63, 3.8) is 0 Å². The van der Waals surface area contributed by atoms with Gasteiger partial charge in [-0.25, -0.2) is 0 Å². The van der Waals surface area contributed by atoms with E-state index in [0.717, 1.165) is 0 Å². The number of hydrogen-bond acceptors (Lipinski definition) is 6. The third kappa shape index (κ3) is 2.66. The average Bonchev–Trinajstić information content (AvgIpc) is 2.88. The van der Waals surface area contributed by atoms with Gasteiger partial charge in [0.25, 0.3) is 5.69 Å². The summed E-state index contributed by atoms with van der Waals surface area (Å²) in [4.78, 5) is 14.5. The van der Waals surface area contributed by atoms with Gasteiger partial charge in [0.2, 0.25) is 11.7 Å². The molecule has 19 heavy (non-hydrogen) atoms. The number of aromatic nitrogens is 2. The fourth-order valence-corrected chi connectivity index (χ4v) is 1.60. The van der Waals surface area contributed by atoms with Crippen molar-refractivity contribution in [2.24, 2.45) is 5.73 Å². The van der Waals surface area contributed by atoms with Crippen LogP contribution in [0.1, 0.15) is 18.4 Å². The Hall–Kier alpha value is -2.54. The molecule has 98 valence electrons. The molecule has 7 heteroatoms. The van der Waals surface area contributed by atoms with Crippen LogP contribution in [0.5, 0.6) is 0 Å². The van der Waals surface area contributed by atoms with Crippen LogP contribution >= 0.6 is 0 Å². The molecule has 1 unspecified atom stereocenters. The number of nitro benzene ring substituents is 1. The SMILES string of the molecule is C=CCC(N)c1nc(-c2ccccc2[N+](=O)[O-])no1. The van der Waals surface area contributed by atoms with E-state index in [2.05, 4.69) is 16.7 Å². The third-order valence-electron chi connectivity index (χ3n) is 2.52. The van der Waals surface area contributed by atoms with Crippen LogP contribution in [0, 0.1) is 10.1 Å². The lowest BCUT2D eigenvalue weighted by molar-refractivity contribution is -0.384. The number of nitrogens with zero attached hydrogens (tertiary/aromatic N) is 3. The van der Waals surface area contributed by atoms with Crippen molar-refractivity contribution in [1.29, 1.82) is 0 Å². The van der Waals surface area contributed by atoms with E-state index in [1.165, 1.54) is 6.07 Å². The molecule has 0 spiro atoms. The van der Waals surface area contributed by atoms with Crippen LogP contribution in [0.15, 0.2) is 41.4 Å². The highest BCUT2D eigenvalue weighted by Crippen LogP contribution is 2.28. The van der Waals surface area contributed by atoms with Gasteiger partial charge in [-0.2, -0.15) is 4.98 Å². The number of benzene rings is 1. The van der Waals surface area contributed by atoms with Crippen molar-refractivity contribution in [2.75, 3.05) is 0 Å². The summed E-state index contributed by atoms with van der Waals surface area (Å²) in [6.07, 6.45) is 2.12. The van der Waals surface area contributed by atoms with Gasteiger partial charge < -0.3 is 10.3 Å². The lowest BCUT2D eigenvalue weighted by atomic mass is 10.1. The van der Waals surface area contributed by atoms with E-state index < -0.39 is 11.0 Å². The maximum atomic E-state index is 10.9. The van der Waals surface area contributed by atoms with E-state index in [1.54, 1.807) is 24.3 Å². The molecule has 0 aliphatic rings. The van der Waals surface area contributed by atoms with Gasteiger partial charge in [-0.1, -0.05) is 23.4 Å². The maximum absolute atomic E-state index is 10.9. The minimum Gasteiger partial charge on any atom is -0.337 e. The summed E-state index contributed by atoms with van der Waals surface area (Å²) in [5.41, 5.74) is 6.02. The zero-order chi connectivity index (χ0) is 13.8. The van der Waals surface area contributed by atoms with Crippen molar-refractivity contribution in [1.82, 2.24) is 10.1 Å². The van der Waals surface area contributed by atoms with Crippen LogP contribution < -0.4 is 5.73 Å². The van der Waals surface area contributed by atoms with E-state index in [0.29, 0.717) is 12.0 Å². The van der Waals surface area contributed by atoms with Gasteiger partial charge in [-0.3, -0.25) is 10.1 Å². The Bertz CT molecular complexity index is 609. The van der Waals surface area contributed by atoms with Crippen LogP contribution in [0.25, 0.3) is 11.4 Å². The first-order chi connectivity index (χ1) is 9.13. The van der Waals surface area contributed by atoms with Gasteiger partial charge in [0.15, 0.2) is 0 Å². The Morgan fingerprint density at radius 3 is 2.95 bits per heavy atom. The van der Waals surface area contributed by atoms with Crippen LogP contribution in [0.2, 0.25) is 0 Å². The topological polar surface area (TPSA) is 108 Å². The molecule has 1 heterocycles. The minimum absolute atomic E-state index is 0.0767. The van der Waals surface area contributed by atoms with Crippen LogP contribution in [0.3, 0.4) is 0 Å². The summed E-state index contributed by atoms with van der Waals surface area (Å²) < 4.78 is 5.01. The summed E-state index contributed by atoms with van der Waals surface area (Å²) in [7, 11) is 0. The quantitative estimate of drug-likeness (QED) is 0.501. The Kier molecular flexibility index (Phi) is 3.67. The van der Waals surface area contributed by atoms with Crippen LogP contribution in [-0.2, 0) is 0 Å². The van der Waals surface area contributed by atoms with E-state index in [-0.39, 0.29) is 17.4 Å². The molecule has 0 saturated carbocycles. The predicted molar refractivity (Wildman–Crippen MR) is 68.1 cm³/mol. The van der Waals surface area contributed by atoms with Crippen LogP contribution in [0.4, 0.5) is 5.69 Å². The highest BCUT2D eigenvalue weighted by molar-refractivity contribution is 5.67. The molecule has 0 amide bonds. The fraction of sp³-hybridized carbons (Fsp3) is 0.167. The van der Waals surface area contributed by atoms with E-state index >= 15 is 0 Å². The van der Waals surface area contributed by atoms with Crippen molar-refractivity contribution in [3.8, 4) is 11.4 Å². The second-order valence-electron chi connectivity index (χ2n) is 3.86. The molecule has 0 fully saturated rings. The van der Waals surface area contributed by atoms with Crippen molar-refractivity contribution < 1.29 is 9.45 Å². The fourth-order valence-electron chi connectivity index (χ4n) is 1.60. The normalized spacial score (nSPS) is 12.1. The molecule has 1 atom stereocenters. The molecule has 0 aliphatic heterocycles. The van der Waals surface area contributed by atoms with Gasteiger partial charge in [-0.15, -0.1) is 6.58 Å². The summed E-state index contributed by atoms with van der Waals surface area (Å²) in [6, 6.07) is 5.73. The number of para-hydroxylation sites is 1. The van der Waals surface area contributed by atoms with E-state index in [4.69, 9.17) is 10.3 Å². The number of nitrogens with two attached hydrogens (primary N) is 1. The van der Waals surface area contributed by atoms with Gasteiger partial charge in [-0.05, 0) is 12.5 Å². The van der Waals surface area contributed by atoms with Gasteiger partial charge in [0, 0.05) is 6.07 Å². The molecular weight excluding hydrogens is 248 g/mol. The first-order valence-corrected chi connectivity index (χ1v) is 5.57. The van der Waals surface area contributed by atoms with E-state index in [1.807, 2.05) is 0 Å². The number of nitro groups is 1. The lowest BCUT2D eigenvalue weighted by Gasteiger charge is -2.00. The van der Waals surface area contributed by atoms with Crippen molar-refractivity contribution in [3.05, 3.63) is 52.9 Å². The standard InChI is InChI=1S/C12H12N4O3/c1-2-5-9(13)12-14-11(15-19-12)8-6-3-4-7-10(8)16(17)18/h2-4,6-7,9H,1,5,13H2. The molecule has 1 aromatic carbocycles. The van der Waals surface area contributed by atoms with Crippen molar-refractivity contribution in [2.45, 2.75) is 12.5 Å². The molecular formula is C12H12N4O3. The number of rotatable bonds is 5. The minimum atomic E-state index is -0.491. The molecule has 0 aliphatic carbocycles. The van der Waals surface area contributed by atoms with Gasteiger partial charge >= 0.3 is 0 Å². The molecule has 7 nitrogen and oxygen atoms in total. The van der Waals surface area contributed by atoms with E-state index in [9.17, 15) is 10.1 Å². The first kappa shape index (κ1) is 12.9. The highest BCUT2D eigenvalue weighted by Gasteiger charge is 2.20. The smallest absolute Gasteiger partial charge is 0.280 e. The summed E-state index contributed by atoms with van der Waals surface area (Å²) in [5, 5.41) is 14.6. The predicted octanol–water partition coefficient (Wildman–Crippen LogP) is 2.22. The monoisotopic (exact) mass is 260 g/mol. The van der Waals surface area contributed by atoms with Crippen molar-refractivity contribution >= 4 is 5.69 Å². The van der Waals surface area contributed by atoms with Crippen LogP contribution in [-0.4, -0.2) is 15.1 Å². The molecule has 2 rings (SSSR count).